The molecule has 0 aliphatic carbocycles. The molecular formula is C14H19N3S. The van der Waals surface area contributed by atoms with Crippen LogP contribution < -0.4 is 5.32 Å². The lowest BCUT2D eigenvalue weighted by Gasteiger charge is -2.15. The average molecular weight is 261 g/mol. The number of hydrogen-bond acceptors (Lipinski definition) is 4. The number of nitrogens with zero attached hydrogens (tertiary/aromatic N) is 2. The molecule has 0 aliphatic heterocycles. The van der Waals surface area contributed by atoms with Crippen LogP contribution in [0.15, 0.2) is 35.2 Å². The van der Waals surface area contributed by atoms with E-state index in [-0.39, 0.29) is 0 Å². The molecule has 1 aromatic heterocycles. The van der Waals surface area contributed by atoms with Gasteiger partial charge in [-0.1, -0.05) is 24.3 Å². The third-order valence-electron chi connectivity index (χ3n) is 2.77. The molecule has 0 radical (unpaired) electrons. The molecule has 0 unspecified atom stereocenters. The molecule has 0 saturated heterocycles. The van der Waals surface area contributed by atoms with Crippen LogP contribution in [0.2, 0.25) is 0 Å². The van der Waals surface area contributed by atoms with Gasteiger partial charge < -0.3 is 5.32 Å². The fourth-order valence-electron chi connectivity index (χ4n) is 1.93. The maximum Gasteiger partial charge on any atom is 0.0795 e. The third-order valence-corrected chi connectivity index (χ3v) is 3.41. The molecule has 1 aromatic carbocycles. The van der Waals surface area contributed by atoms with Gasteiger partial charge in [0, 0.05) is 25.0 Å². The van der Waals surface area contributed by atoms with Crippen molar-refractivity contribution in [1.82, 2.24) is 15.2 Å². The predicted octanol–water partition coefficient (Wildman–Crippen LogP) is 2.49. The zero-order chi connectivity index (χ0) is 12.8. The van der Waals surface area contributed by atoms with Gasteiger partial charge in [0.05, 0.1) is 11.2 Å². The highest BCUT2D eigenvalue weighted by Crippen LogP contribution is 2.10. The van der Waals surface area contributed by atoms with E-state index in [1.54, 1.807) is 11.3 Å². The zero-order valence-corrected chi connectivity index (χ0v) is 11.7. The largest absolute Gasteiger partial charge is 0.316 e. The first-order valence-corrected chi connectivity index (χ1v) is 7.00. The fourth-order valence-corrected chi connectivity index (χ4v) is 2.48. The van der Waals surface area contributed by atoms with E-state index in [4.69, 9.17) is 0 Å². The Morgan fingerprint density at radius 1 is 1.17 bits per heavy atom. The number of nitrogens with one attached hydrogen (secondary N) is 1. The minimum absolute atomic E-state index is 0.905. The van der Waals surface area contributed by atoms with E-state index in [1.807, 2.05) is 12.6 Å². The minimum Gasteiger partial charge on any atom is -0.316 e. The maximum absolute atomic E-state index is 4.30. The predicted molar refractivity (Wildman–Crippen MR) is 76.5 cm³/mol. The third kappa shape index (κ3) is 3.91. The van der Waals surface area contributed by atoms with Crippen molar-refractivity contribution in [2.24, 2.45) is 0 Å². The van der Waals surface area contributed by atoms with Gasteiger partial charge in [0.1, 0.15) is 0 Å². The Kier molecular flexibility index (Phi) is 4.87. The van der Waals surface area contributed by atoms with Gasteiger partial charge in [-0.2, -0.15) is 0 Å². The first kappa shape index (κ1) is 13.2. The van der Waals surface area contributed by atoms with Crippen molar-refractivity contribution >= 4 is 11.3 Å². The van der Waals surface area contributed by atoms with Gasteiger partial charge in [0.15, 0.2) is 0 Å². The smallest absolute Gasteiger partial charge is 0.0795 e. The van der Waals surface area contributed by atoms with E-state index in [0.29, 0.717) is 0 Å². The molecule has 0 fully saturated rings. The van der Waals surface area contributed by atoms with Crippen LogP contribution in [0.4, 0.5) is 0 Å². The molecule has 0 amide bonds. The topological polar surface area (TPSA) is 28.2 Å². The number of rotatable bonds is 6. The van der Waals surface area contributed by atoms with E-state index in [0.717, 1.165) is 25.3 Å². The molecule has 3 nitrogen and oxygen atoms in total. The van der Waals surface area contributed by atoms with Crippen LogP contribution in [0, 0.1) is 0 Å². The van der Waals surface area contributed by atoms with Crippen LogP contribution in [-0.2, 0) is 19.6 Å². The highest BCUT2D eigenvalue weighted by Gasteiger charge is 2.03. The summed E-state index contributed by atoms with van der Waals surface area (Å²) in [5, 5.41) is 5.26. The second kappa shape index (κ2) is 6.64. The molecule has 1 heterocycles. The quantitative estimate of drug-likeness (QED) is 0.866. The van der Waals surface area contributed by atoms with E-state index in [1.165, 1.54) is 11.1 Å². The van der Waals surface area contributed by atoms with Crippen LogP contribution in [0.25, 0.3) is 0 Å². The summed E-state index contributed by atoms with van der Waals surface area (Å²) < 4.78 is 0. The molecule has 4 heteroatoms. The van der Waals surface area contributed by atoms with E-state index >= 15 is 0 Å². The van der Waals surface area contributed by atoms with Crippen LogP contribution in [0.1, 0.15) is 16.8 Å². The number of aromatic nitrogens is 1. The Morgan fingerprint density at radius 2 is 1.89 bits per heavy atom. The zero-order valence-electron chi connectivity index (χ0n) is 10.9. The Hall–Kier alpha value is -1.23. The number of thiazole rings is 1. The van der Waals surface area contributed by atoms with E-state index < -0.39 is 0 Å². The minimum atomic E-state index is 0.905. The van der Waals surface area contributed by atoms with Gasteiger partial charge in [0.2, 0.25) is 0 Å². The molecule has 0 spiro atoms. The summed E-state index contributed by atoms with van der Waals surface area (Å²) in [6, 6.07) is 8.76. The second-order valence-electron chi connectivity index (χ2n) is 4.50. The van der Waals surface area contributed by atoms with Gasteiger partial charge in [-0.05, 0) is 25.2 Å². The van der Waals surface area contributed by atoms with Gasteiger partial charge in [0.25, 0.3) is 0 Å². The van der Waals surface area contributed by atoms with Crippen molar-refractivity contribution in [2.75, 3.05) is 14.1 Å². The van der Waals surface area contributed by atoms with Crippen molar-refractivity contribution < 1.29 is 0 Å². The summed E-state index contributed by atoms with van der Waals surface area (Å²) in [6.45, 7) is 2.79. The summed E-state index contributed by atoms with van der Waals surface area (Å²) in [5.41, 5.74) is 5.70. The normalized spacial score (nSPS) is 11.1. The molecule has 96 valence electrons. The highest BCUT2D eigenvalue weighted by atomic mass is 32.1. The first-order chi connectivity index (χ1) is 8.78. The average Bonchev–Trinajstić information content (AvgIpc) is 2.84. The molecule has 2 aromatic rings. The van der Waals surface area contributed by atoms with Crippen LogP contribution in [0.3, 0.4) is 0 Å². The van der Waals surface area contributed by atoms with Gasteiger partial charge in [-0.3, -0.25) is 4.90 Å². The van der Waals surface area contributed by atoms with Crippen molar-refractivity contribution in [3.63, 3.8) is 0 Å². The molecule has 2 rings (SSSR count). The fraction of sp³-hybridized carbons (Fsp3) is 0.357. The Balaban J connectivity index is 1.88. The lowest BCUT2D eigenvalue weighted by Crippen LogP contribution is -2.17. The van der Waals surface area contributed by atoms with E-state index in [2.05, 4.69) is 51.9 Å². The monoisotopic (exact) mass is 261 g/mol. The van der Waals surface area contributed by atoms with E-state index in [9.17, 15) is 0 Å². The summed E-state index contributed by atoms with van der Waals surface area (Å²) in [4.78, 5) is 6.58. The van der Waals surface area contributed by atoms with Crippen molar-refractivity contribution in [3.8, 4) is 0 Å². The van der Waals surface area contributed by atoms with Crippen LogP contribution in [0.5, 0.6) is 0 Å². The maximum atomic E-state index is 4.30. The number of hydrogen-bond donors (Lipinski definition) is 1. The highest BCUT2D eigenvalue weighted by molar-refractivity contribution is 7.07. The summed E-state index contributed by atoms with van der Waals surface area (Å²) in [7, 11) is 4.09. The van der Waals surface area contributed by atoms with Crippen LogP contribution in [-0.4, -0.2) is 24.0 Å². The van der Waals surface area contributed by atoms with Crippen molar-refractivity contribution in [3.05, 3.63) is 52.0 Å². The molecular weight excluding hydrogens is 242 g/mol. The van der Waals surface area contributed by atoms with Crippen molar-refractivity contribution in [2.45, 2.75) is 19.6 Å². The molecule has 0 saturated carbocycles. The molecule has 0 atom stereocenters. The SMILES string of the molecule is CNCc1ccc(CN(C)Cc2cscn2)cc1. The standard InChI is InChI=1S/C14H19N3S/c1-15-7-12-3-5-13(6-4-12)8-17(2)9-14-10-18-11-16-14/h3-6,10-11,15H,7-9H2,1-2H3. The molecule has 1 N–H and O–H groups in total. The molecule has 0 bridgehead atoms. The molecule has 0 aliphatic rings. The molecule has 18 heavy (non-hydrogen) atoms. The summed E-state index contributed by atoms with van der Waals surface area (Å²) in [6.07, 6.45) is 0. The Morgan fingerprint density at radius 3 is 2.50 bits per heavy atom. The Bertz CT molecular complexity index is 450. The summed E-state index contributed by atoms with van der Waals surface area (Å²) >= 11 is 1.65. The van der Waals surface area contributed by atoms with Gasteiger partial charge in [-0.25, -0.2) is 4.98 Å². The summed E-state index contributed by atoms with van der Waals surface area (Å²) in [5.74, 6) is 0. The lowest BCUT2D eigenvalue weighted by atomic mass is 10.1. The van der Waals surface area contributed by atoms with Crippen LogP contribution >= 0.6 is 11.3 Å². The number of benzene rings is 1. The second-order valence-corrected chi connectivity index (χ2v) is 5.22. The Labute approximate surface area is 112 Å². The first-order valence-electron chi connectivity index (χ1n) is 6.06. The van der Waals surface area contributed by atoms with Gasteiger partial charge >= 0.3 is 0 Å². The van der Waals surface area contributed by atoms with Gasteiger partial charge in [-0.15, -0.1) is 11.3 Å². The van der Waals surface area contributed by atoms with Crippen molar-refractivity contribution in [1.29, 1.82) is 0 Å². The lowest BCUT2D eigenvalue weighted by molar-refractivity contribution is 0.316.